The molecule has 0 bridgehead atoms. The zero-order valence-electron chi connectivity index (χ0n) is 19.8. The molecule has 1 unspecified atom stereocenters. The minimum absolute atomic E-state index is 0.0639. The van der Waals surface area contributed by atoms with Crippen LogP contribution in [0.25, 0.3) is 6.08 Å². The van der Waals surface area contributed by atoms with Gasteiger partial charge in [0.25, 0.3) is 11.8 Å². The summed E-state index contributed by atoms with van der Waals surface area (Å²) in [4.78, 5) is 29.7. The van der Waals surface area contributed by atoms with Gasteiger partial charge in [-0.15, -0.1) is 11.8 Å². The van der Waals surface area contributed by atoms with Crippen LogP contribution in [0.3, 0.4) is 0 Å². The fraction of sp³-hybridized carbons (Fsp3) is 0.250. The topological polar surface area (TPSA) is 77.0 Å². The van der Waals surface area contributed by atoms with Crippen LogP contribution in [0.4, 0.5) is 0 Å². The first-order chi connectivity index (χ1) is 17.1. The zero-order chi connectivity index (χ0) is 24.6. The summed E-state index contributed by atoms with van der Waals surface area (Å²) < 4.78 is 11.3. The standard InChI is InChI=1S/C28H28N2O4S/c1-3-33-23-14-11-20(17-24(23)34-4-2)15-16-29-27(31)21-12-9-19(10-13-21)18-26-28(32)30-22-7-5-6-8-25(22)35-26/h5-14,17-18,25H,3-4,15-16H2,1-2H3,(H,29,31)/b26-18+. The Labute approximate surface area is 209 Å². The highest BCUT2D eigenvalue weighted by Gasteiger charge is 2.25. The van der Waals surface area contributed by atoms with E-state index in [0.717, 1.165) is 28.3 Å². The lowest BCUT2D eigenvalue weighted by Gasteiger charge is -2.20. The Morgan fingerprint density at radius 2 is 1.83 bits per heavy atom. The quantitative estimate of drug-likeness (QED) is 0.503. The van der Waals surface area contributed by atoms with E-state index in [4.69, 9.17) is 9.47 Å². The van der Waals surface area contributed by atoms with E-state index in [1.54, 1.807) is 12.1 Å². The maximum absolute atomic E-state index is 12.6. The molecule has 6 nitrogen and oxygen atoms in total. The Morgan fingerprint density at radius 1 is 1.06 bits per heavy atom. The molecule has 1 aliphatic carbocycles. The third-order valence-corrected chi connectivity index (χ3v) is 6.63. The lowest BCUT2D eigenvalue weighted by molar-refractivity contribution is -0.113. The number of rotatable bonds is 9. The van der Waals surface area contributed by atoms with Gasteiger partial charge in [0, 0.05) is 12.1 Å². The number of benzene rings is 2. The lowest BCUT2D eigenvalue weighted by Crippen LogP contribution is -2.25. The van der Waals surface area contributed by atoms with Gasteiger partial charge < -0.3 is 14.8 Å². The Balaban J connectivity index is 1.33. The number of fused-ring (bicyclic) bond motifs is 1. The normalized spacial score (nSPS) is 17.7. The van der Waals surface area contributed by atoms with Gasteiger partial charge in [-0.25, -0.2) is 4.99 Å². The number of aliphatic imine (C=N–C) groups is 1. The highest BCUT2D eigenvalue weighted by Crippen LogP contribution is 2.33. The van der Waals surface area contributed by atoms with E-state index in [1.165, 1.54) is 11.8 Å². The van der Waals surface area contributed by atoms with Crippen molar-refractivity contribution in [3.63, 3.8) is 0 Å². The summed E-state index contributed by atoms with van der Waals surface area (Å²) in [6, 6.07) is 13.1. The van der Waals surface area contributed by atoms with Crippen LogP contribution in [0, 0.1) is 0 Å². The molecule has 1 N–H and O–H groups in total. The molecular weight excluding hydrogens is 460 g/mol. The van der Waals surface area contributed by atoms with Crippen LogP contribution in [-0.2, 0) is 11.2 Å². The van der Waals surface area contributed by atoms with Crippen LogP contribution in [0.2, 0.25) is 0 Å². The van der Waals surface area contributed by atoms with Gasteiger partial charge in [0.2, 0.25) is 0 Å². The van der Waals surface area contributed by atoms with Crippen molar-refractivity contribution in [2.24, 2.45) is 4.99 Å². The van der Waals surface area contributed by atoms with E-state index < -0.39 is 0 Å². The summed E-state index contributed by atoms with van der Waals surface area (Å²) in [5.41, 5.74) is 3.26. The van der Waals surface area contributed by atoms with Crippen molar-refractivity contribution in [1.82, 2.24) is 5.32 Å². The van der Waals surface area contributed by atoms with E-state index in [-0.39, 0.29) is 17.1 Å². The highest BCUT2D eigenvalue weighted by molar-refractivity contribution is 8.05. The van der Waals surface area contributed by atoms with Gasteiger partial charge in [0.15, 0.2) is 11.5 Å². The van der Waals surface area contributed by atoms with Crippen LogP contribution in [0.15, 0.2) is 76.7 Å². The number of allylic oxidation sites excluding steroid dienone is 3. The first kappa shape index (κ1) is 24.5. The largest absolute Gasteiger partial charge is 0.490 e. The molecule has 0 radical (unpaired) electrons. The molecule has 0 aromatic heterocycles. The summed E-state index contributed by atoms with van der Waals surface area (Å²) in [6.07, 6.45) is 10.2. The Kier molecular flexibility index (Phi) is 8.21. The molecule has 0 spiro atoms. The van der Waals surface area contributed by atoms with Crippen molar-refractivity contribution >= 4 is 35.4 Å². The Hall–Kier alpha value is -3.58. The SMILES string of the molecule is CCOc1ccc(CCNC(=O)c2ccc(/C=C3/SC4C=CC=CC4=NC3=O)cc2)cc1OCC. The molecule has 2 aliphatic rings. The fourth-order valence-corrected chi connectivity index (χ4v) is 4.77. The number of ether oxygens (including phenoxy) is 2. The number of hydrogen-bond donors (Lipinski definition) is 1. The maximum Gasteiger partial charge on any atom is 0.283 e. The van der Waals surface area contributed by atoms with E-state index in [9.17, 15) is 9.59 Å². The summed E-state index contributed by atoms with van der Waals surface area (Å²) in [7, 11) is 0. The monoisotopic (exact) mass is 488 g/mol. The van der Waals surface area contributed by atoms with Gasteiger partial charge in [-0.2, -0.15) is 0 Å². The van der Waals surface area contributed by atoms with Crippen LogP contribution in [0.5, 0.6) is 11.5 Å². The minimum atomic E-state index is -0.232. The molecule has 35 heavy (non-hydrogen) atoms. The van der Waals surface area contributed by atoms with E-state index >= 15 is 0 Å². The van der Waals surface area contributed by atoms with Gasteiger partial charge in [-0.1, -0.05) is 36.4 Å². The number of carbonyl (C=O) groups is 2. The first-order valence-corrected chi connectivity index (χ1v) is 12.6. The second-order valence-corrected chi connectivity index (χ2v) is 9.09. The summed E-state index contributed by atoms with van der Waals surface area (Å²) in [5.74, 6) is 1.07. The van der Waals surface area contributed by atoms with Gasteiger partial charge >= 0.3 is 0 Å². The van der Waals surface area contributed by atoms with Gasteiger partial charge in [0.05, 0.1) is 29.1 Å². The number of thioether (sulfide) groups is 1. The van der Waals surface area contributed by atoms with E-state index in [1.807, 2.05) is 74.6 Å². The molecule has 4 rings (SSSR count). The maximum atomic E-state index is 12.6. The molecule has 1 aliphatic heterocycles. The Morgan fingerprint density at radius 3 is 2.60 bits per heavy atom. The van der Waals surface area contributed by atoms with Crippen LogP contribution >= 0.6 is 11.8 Å². The molecule has 1 heterocycles. The number of carbonyl (C=O) groups excluding carboxylic acids is 2. The second-order valence-electron chi connectivity index (χ2n) is 7.91. The van der Waals surface area contributed by atoms with Gasteiger partial charge in [-0.3, -0.25) is 9.59 Å². The third kappa shape index (κ3) is 6.31. The van der Waals surface area contributed by atoms with E-state index in [0.29, 0.717) is 36.6 Å². The summed E-state index contributed by atoms with van der Waals surface area (Å²) in [6.45, 7) is 5.51. The smallest absolute Gasteiger partial charge is 0.283 e. The molecule has 7 heteroatoms. The number of amides is 2. The molecule has 1 atom stereocenters. The average molecular weight is 489 g/mol. The van der Waals surface area contributed by atoms with Crippen LogP contribution in [0.1, 0.15) is 35.3 Å². The minimum Gasteiger partial charge on any atom is -0.490 e. The molecule has 2 amide bonds. The fourth-order valence-electron chi connectivity index (χ4n) is 3.72. The van der Waals surface area contributed by atoms with Crippen molar-refractivity contribution in [2.75, 3.05) is 19.8 Å². The molecular formula is C28H28N2O4S. The summed E-state index contributed by atoms with van der Waals surface area (Å²) in [5, 5.41) is 3.03. The van der Waals surface area contributed by atoms with Gasteiger partial charge in [-0.05, 0) is 67.8 Å². The average Bonchev–Trinajstić information content (AvgIpc) is 2.86. The Bertz CT molecular complexity index is 1210. The zero-order valence-corrected chi connectivity index (χ0v) is 20.6. The molecule has 0 fully saturated rings. The van der Waals surface area contributed by atoms with Crippen molar-refractivity contribution in [1.29, 1.82) is 0 Å². The van der Waals surface area contributed by atoms with Crippen molar-refractivity contribution < 1.29 is 19.1 Å². The highest BCUT2D eigenvalue weighted by atomic mass is 32.2. The van der Waals surface area contributed by atoms with Crippen LogP contribution < -0.4 is 14.8 Å². The molecule has 2 aromatic carbocycles. The third-order valence-electron chi connectivity index (χ3n) is 5.43. The second kappa shape index (κ2) is 11.7. The van der Waals surface area contributed by atoms with Crippen molar-refractivity contribution in [2.45, 2.75) is 25.5 Å². The van der Waals surface area contributed by atoms with Crippen LogP contribution in [-0.4, -0.2) is 42.5 Å². The number of nitrogens with one attached hydrogen (secondary N) is 1. The molecule has 0 saturated carbocycles. The van der Waals surface area contributed by atoms with Crippen molar-refractivity contribution in [3.8, 4) is 11.5 Å². The molecule has 0 saturated heterocycles. The molecule has 180 valence electrons. The first-order valence-electron chi connectivity index (χ1n) is 11.7. The van der Waals surface area contributed by atoms with E-state index in [2.05, 4.69) is 10.3 Å². The summed E-state index contributed by atoms with van der Waals surface area (Å²) >= 11 is 1.49. The van der Waals surface area contributed by atoms with Gasteiger partial charge in [0.1, 0.15) is 0 Å². The number of hydrogen-bond acceptors (Lipinski definition) is 5. The predicted molar refractivity (Wildman–Crippen MR) is 141 cm³/mol. The number of nitrogens with zero attached hydrogens (tertiary/aromatic N) is 1. The van der Waals surface area contributed by atoms with Crippen molar-refractivity contribution in [3.05, 3.63) is 88.4 Å². The predicted octanol–water partition coefficient (Wildman–Crippen LogP) is 5.01. The lowest BCUT2D eigenvalue weighted by atomic mass is 10.1. The molecule has 2 aromatic rings.